The Balaban J connectivity index is 1.50. The van der Waals surface area contributed by atoms with Gasteiger partial charge in [0.05, 0.1) is 12.5 Å². The van der Waals surface area contributed by atoms with Crippen LogP contribution in [0.25, 0.3) is 0 Å². The summed E-state index contributed by atoms with van der Waals surface area (Å²) in [7, 11) is 0. The van der Waals surface area contributed by atoms with Gasteiger partial charge in [0.2, 0.25) is 5.89 Å². The van der Waals surface area contributed by atoms with E-state index in [1.165, 1.54) is 6.42 Å². The third-order valence-electron chi connectivity index (χ3n) is 3.47. The van der Waals surface area contributed by atoms with Crippen molar-refractivity contribution in [2.45, 2.75) is 25.2 Å². The van der Waals surface area contributed by atoms with Gasteiger partial charge in [-0.2, -0.15) is 4.98 Å². The molecule has 1 aliphatic rings. The summed E-state index contributed by atoms with van der Waals surface area (Å²) in [6, 6.07) is 9.76. The first-order chi connectivity index (χ1) is 9.92. The first-order valence-electron chi connectivity index (χ1n) is 7.13. The van der Waals surface area contributed by atoms with Crippen molar-refractivity contribution in [3.63, 3.8) is 0 Å². The van der Waals surface area contributed by atoms with E-state index in [0.717, 1.165) is 37.0 Å². The van der Waals surface area contributed by atoms with E-state index in [1.54, 1.807) is 0 Å². The van der Waals surface area contributed by atoms with Crippen molar-refractivity contribution in [1.82, 2.24) is 15.5 Å². The van der Waals surface area contributed by atoms with E-state index in [1.807, 2.05) is 30.3 Å². The predicted octanol–water partition coefficient (Wildman–Crippen LogP) is 2.16. The first kappa shape index (κ1) is 13.1. The summed E-state index contributed by atoms with van der Waals surface area (Å²) in [6.07, 6.45) is 2.95. The number of aromatic nitrogens is 2. The molecule has 0 amide bonds. The number of nitrogens with one attached hydrogen (secondary N) is 1. The summed E-state index contributed by atoms with van der Waals surface area (Å²) in [5.74, 6) is 2.71. The number of ether oxygens (including phenoxy) is 1. The van der Waals surface area contributed by atoms with Gasteiger partial charge in [-0.3, -0.25) is 0 Å². The molecule has 0 radical (unpaired) electrons. The fraction of sp³-hybridized carbons (Fsp3) is 0.467. The van der Waals surface area contributed by atoms with Crippen molar-refractivity contribution in [3.05, 3.63) is 42.0 Å². The van der Waals surface area contributed by atoms with Crippen molar-refractivity contribution < 1.29 is 9.26 Å². The molecule has 3 rings (SSSR count). The predicted molar refractivity (Wildman–Crippen MR) is 74.8 cm³/mol. The summed E-state index contributed by atoms with van der Waals surface area (Å²) in [5, 5.41) is 7.38. The van der Waals surface area contributed by atoms with Crippen molar-refractivity contribution >= 4 is 0 Å². The zero-order chi connectivity index (χ0) is 13.6. The van der Waals surface area contributed by atoms with Gasteiger partial charge in [0.1, 0.15) is 5.75 Å². The number of benzene rings is 1. The second kappa shape index (κ2) is 6.52. The number of piperidine rings is 1. The van der Waals surface area contributed by atoms with Gasteiger partial charge in [0.25, 0.3) is 0 Å². The zero-order valence-corrected chi connectivity index (χ0v) is 11.4. The van der Waals surface area contributed by atoms with Crippen LogP contribution in [0.15, 0.2) is 34.9 Å². The van der Waals surface area contributed by atoms with Gasteiger partial charge in [-0.25, -0.2) is 0 Å². The Kier molecular flexibility index (Phi) is 4.28. The van der Waals surface area contributed by atoms with Crippen molar-refractivity contribution in [1.29, 1.82) is 0 Å². The lowest BCUT2D eigenvalue weighted by molar-refractivity contribution is 0.306. The third kappa shape index (κ3) is 3.36. The molecule has 1 aromatic heterocycles. The zero-order valence-electron chi connectivity index (χ0n) is 11.4. The highest BCUT2D eigenvalue weighted by Gasteiger charge is 2.21. The van der Waals surface area contributed by atoms with E-state index in [9.17, 15) is 0 Å². The van der Waals surface area contributed by atoms with Gasteiger partial charge in [0, 0.05) is 13.0 Å². The molecular weight excluding hydrogens is 254 g/mol. The molecule has 0 spiro atoms. The molecule has 2 aromatic rings. The fourth-order valence-electron chi connectivity index (χ4n) is 2.37. The van der Waals surface area contributed by atoms with Crippen LogP contribution in [0.1, 0.15) is 30.5 Å². The molecule has 1 saturated heterocycles. The van der Waals surface area contributed by atoms with E-state index in [-0.39, 0.29) is 0 Å². The minimum absolute atomic E-state index is 0.361. The van der Waals surface area contributed by atoms with E-state index >= 15 is 0 Å². The van der Waals surface area contributed by atoms with Crippen LogP contribution in [0.5, 0.6) is 5.75 Å². The maximum atomic E-state index is 5.63. The molecule has 0 unspecified atom stereocenters. The van der Waals surface area contributed by atoms with Crippen molar-refractivity contribution in [2.75, 3.05) is 19.7 Å². The van der Waals surface area contributed by atoms with E-state index in [0.29, 0.717) is 18.9 Å². The van der Waals surface area contributed by atoms with Gasteiger partial charge >= 0.3 is 0 Å². The Hall–Kier alpha value is -1.88. The molecule has 0 aliphatic carbocycles. The van der Waals surface area contributed by atoms with Crippen LogP contribution in [0.3, 0.4) is 0 Å². The molecule has 20 heavy (non-hydrogen) atoms. The minimum Gasteiger partial charge on any atom is -0.493 e. The fourth-order valence-corrected chi connectivity index (χ4v) is 2.37. The van der Waals surface area contributed by atoms with Crippen LogP contribution in [-0.2, 0) is 6.42 Å². The third-order valence-corrected chi connectivity index (χ3v) is 3.47. The molecule has 2 heterocycles. The van der Waals surface area contributed by atoms with Crippen LogP contribution in [0.2, 0.25) is 0 Å². The molecular formula is C15H19N3O2. The Morgan fingerprint density at radius 1 is 1.30 bits per heavy atom. The first-order valence-corrected chi connectivity index (χ1v) is 7.13. The highest BCUT2D eigenvalue weighted by molar-refractivity contribution is 5.20. The van der Waals surface area contributed by atoms with Crippen LogP contribution >= 0.6 is 0 Å². The van der Waals surface area contributed by atoms with Crippen LogP contribution in [-0.4, -0.2) is 29.8 Å². The van der Waals surface area contributed by atoms with Gasteiger partial charge in [-0.05, 0) is 31.5 Å². The molecule has 1 N–H and O–H groups in total. The number of nitrogens with zero attached hydrogens (tertiary/aromatic N) is 2. The second-order valence-electron chi connectivity index (χ2n) is 5.00. The Morgan fingerprint density at radius 3 is 3.00 bits per heavy atom. The summed E-state index contributed by atoms with van der Waals surface area (Å²) < 4.78 is 11.0. The lowest BCUT2D eigenvalue weighted by Gasteiger charge is -2.18. The van der Waals surface area contributed by atoms with Gasteiger partial charge in [-0.15, -0.1) is 0 Å². The lowest BCUT2D eigenvalue weighted by Crippen LogP contribution is -2.28. The molecule has 1 atom stereocenters. The van der Waals surface area contributed by atoms with E-state index in [4.69, 9.17) is 9.26 Å². The molecule has 1 fully saturated rings. The summed E-state index contributed by atoms with van der Waals surface area (Å²) >= 11 is 0. The van der Waals surface area contributed by atoms with Gasteiger partial charge in [0.15, 0.2) is 5.82 Å². The number of hydrogen-bond donors (Lipinski definition) is 1. The van der Waals surface area contributed by atoms with Crippen molar-refractivity contribution in [3.8, 4) is 5.75 Å². The quantitative estimate of drug-likeness (QED) is 0.904. The summed E-state index contributed by atoms with van der Waals surface area (Å²) in [6.45, 7) is 2.58. The normalized spacial score (nSPS) is 18.9. The van der Waals surface area contributed by atoms with Gasteiger partial charge < -0.3 is 14.6 Å². The summed E-state index contributed by atoms with van der Waals surface area (Å²) in [5.41, 5.74) is 0. The van der Waals surface area contributed by atoms with Crippen LogP contribution in [0.4, 0.5) is 0 Å². The molecule has 0 saturated carbocycles. The molecule has 1 aliphatic heterocycles. The van der Waals surface area contributed by atoms with Crippen LogP contribution < -0.4 is 10.1 Å². The molecule has 1 aromatic carbocycles. The average molecular weight is 273 g/mol. The lowest BCUT2D eigenvalue weighted by atomic mass is 10.00. The Labute approximate surface area is 118 Å². The monoisotopic (exact) mass is 273 g/mol. The topological polar surface area (TPSA) is 60.2 Å². The van der Waals surface area contributed by atoms with Gasteiger partial charge in [-0.1, -0.05) is 23.4 Å². The SMILES string of the molecule is c1ccc(OCCc2noc([C@H]3CCCNC3)n2)cc1. The second-order valence-corrected chi connectivity index (χ2v) is 5.00. The largest absolute Gasteiger partial charge is 0.493 e. The number of para-hydroxylation sites is 1. The minimum atomic E-state index is 0.361. The molecule has 5 nitrogen and oxygen atoms in total. The molecule has 0 bridgehead atoms. The number of rotatable bonds is 5. The maximum Gasteiger partial charge on any atom is 0.231 e. The standard InChI is InChI=1S/C15H19N3O2/c1-2-6-13(7-3-1)19-10-8-14-17-15(20-18-14)12-5-4-9-16-11-12/h1-3,6-7,12,16H,4-5,8-11H2/t12-/m0/s1. The number of hydrogen-bond acceptors (Lipinski definition) is 5. The van der Waals surface area contributed by atoms with Crippen LogP contribution in [0, 0.1) is 0 Å². The van der Waals surface area contributed by atoms with Crippen molar-refractivity contribution in [2.24, 2.45) is 0 Å². The maximum absolute atomic E-state index is 5.63. The molecule has 5 heteroatoms. The van der Waals surface area contributed by atoms with E-state index < -0.39 is 0 Å². The Morgan fingerprint density at radius 2 is 2.20 bits per heavy atom. The highest BCUT2D eigenvalue weighted by atomic mass is 16.5. The average Bonchev–Trinajstić information content (AvgIpc) is 2.98. The highest BCUT2D eigenvalue weighted by Crippen LogP contribution is 2.21. The summed E-state index contributed by atoms with van der Waals surface area (Å²) in [4.78, 5) is 4.47. The smallest absolute Gasteiger partial charge is 0.231 e. The Bertz CT molecular complexity index is 521. The van der Waals surface area contributed by atoms with E-state index in [2.05, 4.69) is 15.5 Å². The molecule has 106 valence electrons.